The number of carbonyl (C=O) groups is 1. The molecule has 0 unspecified atom stereocenters. The molecule has 0 atom stereocenters. The smallest absolute Gasteiger partial charge is 0.248 e. The molecule has 0 saturated carbocycles. The molecule has 6 nitrogen and oxygen atoms in total. The van der Waals surface area contributed by atoms with Crippen molar-refractivity contribution in [1.29, 1.82) is 0 Å². The van der Waals surface area contributed by atoms with Gasteiger partial charge in [-0.2, -0.15) is 4.80 Å². The number of fused-ring (bicyclic) bond motifs is 1. The molecule has 2 heterocycles. The first-order valence-corrected chi connectivity index (χ1v) is 10.3. The third-order valence-electron chi connectivity index (χ3n) is 5.13. The Morgan fingerprint density at radius 2 is 1.70 bits per heavy atom. The van der Waals surface area contributed by atoms with Crippen LogP contribution in [0.4, 0.5) is 10.1 Å². The summed E-state index contributed by atoms with van der Waals surface area (Å²) < 4.78 is 19.0. The van der Waals surface area contributed by atoms with E-state index in [2.05, 4.69) is 15.5 Å². The monoisotopic (exact) mass is 438 g/mol. The molecule has 0 saturated heterocycles. The summed E-state index contributed by atoms with van der Waals surface area (Å²) in [6, 6.07) is 23.0. The predicted octanol–water partition coefficient (Wildman–Crippen LogP) is 5.78. The van der Waals surface area contributed by atoms with Crippen molar-refractivity contribution in [2.75, 3.05) is 5.32 Å². The summed E-state index contributed by atoms with van der Waals surface area (Å²) in [4.78, 5) is 13.9. The molecule has 7 heteroatoms. The van der Waals surface area contributed by atoms with Crippen molar-refractivity contribution < 1.29 is 13.6 Å². The number of amides is 1. The molecule has 1 N–H and O–H groups in total. The van der Waals surface area contributed by atoms with Crippen LogP contribution in [0.2, 0.25) is 0 Å². The van der Waals surface area contributed by atoms with E-state index in [1.807, 2.05) is 55.5 Å². The van der Waals surface area contributed by atoms with E-state index in [-0.39, 0.29) is 11.7 Å². The second-order valence-electron chi connectivity index (χ2n) is 7.51. The Morgan fingerprint density at radius 3 is 2.45 bits per heavy atom. The molecule has 2 aromatic heterocycles. The van der Waals surface area contributed by atoms with Crippen molar-refractivity contribution >= 4 is 28.7 Å². The number of benzene rings is 3. The molecule has 0 spiro atoms. The zero-order valence-electron chi connectivity index (χ0n) is 17.7. The van der Waals surface area contributed by atoms with Crippen LogP contribution in [-0.4, -0.2) is 20.9 Å². The van der Waals surface area contributed by atoms with Gasteiger partial charge in [0.2, 0.25) is 5.91 Å². The second kappa shape index (κ2) is 8.55. The number of nitrogens with zero attached hydrogens (tertiary/aromatic N) is 3. The van der Waals surface area contributed by atoms with Crippen LogP contribution in [0.25, 0.3) is 34.1 Å². The minimum Gasteiger partial charge on any atom is -0.457 e. The average molecular weight is 438 g/mol. The first kappa shape index (κ1) is 20.4. The molecule has 0 aliphatic heterocycles. The van der Waals surface area contributed by atoms with Gasteiger partial charge in [-0.1, -0.05) is 30.3 Å². The average Bonchev–Trinajstić information content (AvgIpc) is 3.46. The highest BCUT2D eigenvalue weighted by Crippen LogP contribution is 2.24. The maximum absolute atomic E-state index is 13.2. The van der Waals surface area contributed by atoms with E-state index in [1.165, 1.54) is 23.0 Å². The zero-order chi connectivity index (χ0) is 22.8. The lowest BCUT2D eigenvalue weighted by Crippen LogP contribution is -2.08. The lowest BCUT2D eigenvalue weighted by atomic mass is 10.1. The Bertz CT molecular complexity index is 1470. The second-order valence-corrected chi connectivity index (χ2v) is 7.51. The highest BCUT2D eigenvalue weighted by atomic mass is 19.1. The fourth-order valence-corrected chi connectivity index (χ4v) is 3.42. The molecule has 0 radical (unpaired) electrons. The number of rotatable bonds is 5. The number of nitrogens with one attached hydrogen (secondary N) is 1. The van der Waals surface area contributed by atoms with Gasteiger partial charge >= 0.3 is 0 Å². The van der Waals surface area contributed by atoms with Gasteiger partial charge in [0.25, 0.3) is 0 Å². The maximum atomic E-state index is 13.2. The van der Waals surface area contributed by atoms with Gasteiger partial charge in [0.1, 0.15) is 28.4 Å². The van der Waals surface area contributed by atoms with Crippen LogP contribution in [0.1, 0.15) is 11.3 Å². The van der Waals surface area contributed by atoms with Gasteiger partial charge in [-0.05, 0) is 67.1 Å². The molecule has 33 heavy (non-hydrogen) atoms. The molecule has 0 fully saturated rings. The van der Waals surface area contributed by atoms with Crippen LogP contribution < -0.4 is 5.32 Å². The van der Waals surface area contributed by atoms with Crippen molar-refractivity contribution in [3.05, 3.63) is 102 Å². The van der Waals surface area contributed by atoms with Gasteiger partial charge < -0.3 is 9.73 Å². The topological polar surface area (TPSA) is 73.0 Å². The van der Waals surface area contributed by atoms with Crippen LogP contribution in [-0.2, 0) is 4.79 Å². The summed E-state index contributed by atoms with van der Waals surface area (Å²) in [5.74, 6) is 0.704. The Labute approximate surface area is 189 Å². The largest absolute Gasteiger partial charge is 0.457 e. The van der Waals surface area contributed by atoms with Crippen LogP contribution in [0.15, 0.2) is 89.4 Å². The van der Waals surface area contributed by atoms with E-state index in [0.29, 0.717) is 28.2 Å². The Kier molecular flexibility index (Phi) is 5.28. The summed E-state index contributed by atoms with van der Waals surface area (Å²) in [6.45, 7) is 1.88. The summed E-state index contributed by atoms with van der Waals surface area (Å²) in [5.41, 5.74) is 4.39. The van der Waals surface area contributed by atoms with Gasteiger partial charge in [-0.25, -0.2) is 4.39 Å². The molecule has 5 aromatic rings. The third kappa shape index (κ3) is 4.43. The number of hydrogen-bond acceptors (Lipinski definition) is 4. The Morgan fingerprint density at radius 1 is 0.970 bits per heavy atom. The van der Waals surface area contributed by atoms with Gasteiger partial charge in [0, 0.05) is 17.3 Å². The standard InChI is InChI=1S/C26H19FN4O2/c1-17-15-23-24(30-31(29-23)20-9-7-19(27)8-10-20)16-22(17)28-26(32)14-12-21-11-13-25(33-21)18-5-3-2-4-6-18/h2-16H,1H3,(H,28,32)/b14-12+. The molecule has 0 bridgehead atoms. The minimum atomic E-state index is -0.324. The highest BCUT2D eigenvalue weighted by Gasteiger charge is 2.10. The number of furan rings is 1. The minimum absolute atomic E-state index is 0.291. The van der Waals surface area contributed by atoms with E-state index < -0.39 is 0 Å². The lowest BCUT2D eigenvalue weighted by Gasteiger charge is -2.05. The summed E-state index contributed by atoms with van der Waals surface area (Å²) >= 11 is 0. The van der Waals surface area contributed by atoms with Crippen molar-refractivity contribution in [2.45, 2.75) is 6.92 Å². The molecule has 0 aliphatic carbocycles. The quantitative estimate of drug-likeness (QED) is 0.353. The first-order valence-electron chi connectivity index (χ1n) is 10.3. The van der Waals surface area contributed by atoms with Gasteiger partial charge in [0.15, 0.2) is 0 Å². The Hall–Kier alpha value is -4.52. The fraction of sp³-hybridized carbons (Fsp3) is 0.0385. The number of carbonyl (C=O) groups excluding carboxylic acids is 1. The molecular weight excluding hydrogens is 419 g/mol. The van der Waals surface area contributed by atoms with Crippen molar-refractivity contribution in [2.24, 2.45) is 0 Å². The molecular formula is C26H19FN4O2. The number of halogens is 1. The number of aryl methyl sites for hydroxylation is 1. The van der Waals surface area contributed by atoms with E-state index in [4.69, 9.17) is 4.42 Å². The number of anilines is 1. The van der Waals surface area contributed by atoms with Crippen LogP contribution >= 0.6 is 0 Å². The lowest BCUT2D eigenvalue weighted by molar-refractivity contribution is -0.111. The van der Waals surface area contributed by atoms with E-state index in [0.717, 1.165) is 16.9 Å². The molecule has 3 aromatic carbocycles. The van der Waals surface area contributed by atoms with Crippen molar-refractivity contribution in [3.8, 4) is 17.0 Å². The summed E-state index contributed by atoms with van der Waals surface area (Å²) in [6.07, 6.45) is 3.05. The van der Waals surface area contributed by atoms with E-state index in [1.54, 1.807) is 24.3 Å². The van der Waals surface area contributed by atoms with E-state index in [9.17, 15) is 9.18 Å². The highest BCUT2D eigenvalue weighted by molar-refractivity contribution is 6.03. The number of aromatic nitrogens is 3. The van der Waals surface area contributed by atoms with Crippen LogP contribution in [0.3, 0.4) is 0 Å². The normalized spacial score (nSPS) is 11.3. The van der Waals surface area contributed by atoms with Crippen molar-refractivity contribution in [1.82, 2.24) is 15.0 Å². The Balaban J connectivity index is 1.32. The van der Waals surface area contributed by atoms with Gasteiger partial charge in [0.05, 0.1) is 5.69 Å². The SMILES string of the molecule is Cc1cc2nn(-c3ccc(F)cc3)nc2cc1NC(=O)/C=C/c1ccc(-c2ccccc2)o1. The van der Waals surface area contributed by atoms with Crippen LogP contribution in [0, 0.1) is 12.7 Å². The number of hydrogen-bond donors (Lipinski definition) is 1. The molecule has 5 rings (SSSR count). The fourth-order valence-electron chi connectivity index (χ4n) is 3.42. The van der Waals surface area contributed by atoms with E-state index >= 15 is 0 Å². The summed E-state index contributed by atoms with van der Waals surface area (Å²) in [5, 5.41) is 11.8. The van der Waals surface area contributed by atoms with Crippen molar-refractivity contribution in [3.63, 3.8) is 0 Å². The molecule has 162 valence electrons. The molecule has 0 aliphatic rings. The molecule has 1 amide bonds. The van der Waals surface area contributed by atoms with Gasteiger partial charge in [-0.15, -0.1) is 10.2 Å². The third-order valence-corrected chi connectivity index (χ3v) is 5.13. The first-order chi connectivity index (χ1) is 16.0. The van der Waals surface area contributed by atoms with Gasteiger partial charge in [-0.3, -0.25) is 4.79 Å². The van der Waals surface area contributed by atoms with Crippen LogP contribution in [0.5, 0.6) is 0 Å². The predicted molar refractivity (Wildman–Crippen MR) is 125 cm³/mol. The maximum Gasteiger partial charge on any atom is 0.248 e. The summed E-state index contributed by atoms with van der Waals surface area (Å²) in [7, 11) is 0. The zero-order valence-corrected chi connectivity index (χ0v) is 17.7.